The van der Waals surface area contributed by atoms with Crippen molar-refractivity contribution in [3.05, 3.63) is 34.3 Å². The van der Waals surface area contributed by atoms with Crippen LogP contribution in [0, 0.1) is 6.92 Å². The van der Waals surface area contributed by atoms with Gasteiger partial charge in [0.2, 0.25) is 5.91 Å². The zero-order valence-electron chi connectivity index (χ0n) is 17.2. The molecule has 0 spiro atoms. The first-order chi connectivity index (χ1) is 14.1. The minimum absolute atomic E-state index is 0.102. The van der Waals surface area contributed by atoms with Gasteiger partial charge in [0.05, 0.1) is 18.6 Å². The third kappa shape index (κ3) is 5.88. The molecule has 2 atom stereocenters. The van der Waals surface area contributed by atoms with Crippen molar-refractivity contribution in [3.63, 3.8) is 0 Å². The van der Waals surface area contributed by atoms with Crippen molar-refractivity contribution in [2.75, 3.05) is 6.61 Å². The smallest absolute Gasteiger partial charge is 0.331 e. The molecule has 30 heavy (non-hydrogen) atoms. The molecule has 0 heterocycles. The Labute approximate surface area is 179 Å². The molecule has 1 N–H and O–H groups in total. The molecule has 168 valence electrons. The molecule has 1 saturated carbocycles. The Morgan fingerprint density at radius 3 is 2.43 bits per heavy atom. The molecule has 0 aliphatic heterocycles. The van der Waals surface area contributed by atoms with E-state index in [1.54, 1.807) is 32.0 Å². The lowest BCUT2D eigenvalue weighted by atomic mass is 9.79. The summed E-state index contributed by atoms with van der Waals surface area (Å²) < 4.78 is 47.9. The van der Waals surface area contributed by atoms with Crippen LogP contribution in [-0.2, 0) is 19.1 Å². The number of esters is 1. The Balaban J connectivity index is 2.13. The van der Waals surface area contributed by atoms with Crippen LogP contribution in [0.5, 0.6) is 0 Å². The van der Waals surface area contributed by atoms with E-state index in [1.165, 1.54) is 0 Å². The summed E-state index contributed by atoms with van der Waals surface area (Å²) in [5.74, 6) is -1.53. The quantitative estimate of drug-likeness (QED) is 0.585. The third-order valence-corrected chi connectivity index (χ3v) is 5.66. The summed E-state index contributed by atoms with van der Waals surface area (Å²) in [6.45, 7) is 5.33. The molecule has 0 aromatic heterocycles. The molecule has 5 nitrogen and oxygen atoms in total. The number of ether oxygens (including phenoxy) is 2. The van der Waals surface area contributed by atoms with Crippen molar-refractivity contribution >= 4 is 23.5 Å². The van der Waals surface area contributed by atoms with Gasteiger partial charge in [0.25, 0.3) is 12.8 Å². The van der Waals surface area contributed by atoms with Crippen molar-refractivity contribution in [3.8, 4) is 0 Å². The van der Waals surface area contributed by atoms with Gasteiger partial charge in [0, 0.05) is 5.02 Å². The van der Waals surface area contributed by atoms with Crippen LogP contribution in [0.25, 0.3) is 0 Å². The Kier molecular flexibility index (Phi) is 8.55. The second-order valence-corrected chi connectivity index (χ2v) is 7.97. The number of rotatable bonds is 8. The van der Waals surface area contributed by atoms with Gasteiger partial charge in [-0.05, 0) is 69.7 Å². The van der Waals surface area contributed by atoms with Crippen LogP contribution >= 0.6 is 11.6 Å². The van der Waals surface area contributed by atoms with Crippen LogP contribution in [0.2, 0.25) is 5.02 Å². The van der Waals surface area contributed by atoms with E-state index >= 15 is 0 Å². The zero-order valence-corrected chi connectivity index (χ0v) is 18.0. The van der Waals surface area contributed by atoms with Crippen LogP contribution < -0.4 is 5.32 Å². The van der Waals surface area contributed by atoms with Crippen LogP contribution in [0.4, 0.5) is 13.2 Å². The molecule has 1 aromatic rings. The summed E-state index contributed by atoms with van der Waals surface area (Å²) in [6.07, 6.45) is -6.18. The van der Waals surface area contributed by atoms with Crippen molar-refractivity contribution in [1.82, 2.24) is 5.32 Å². The van der Waals surface area contributed by atoms with Gasteiger partial charge < -0.3 is 14.8 Å². The summed E-state index contributed by atoms with van der Waals surface area (Å²) in [6, 6.07) is 5.20. The second-order valence-electron chi connectivity index (χ2n) is 7.54. The van der Waals surface area contributed by atoms with E-state index < -0.39 is 36.3 Å². The highest BCUT2D eigenvalue weighted by Gasteiger charge is 2.46. The van der Waals surface area contributed by atoms with E-state index in [9.17, 15) is 22.8 Å². The number of benzene rings is 1. The van der Waals surface area contributed by atoms with E-state index in [0.717, 1.165) is 11.1 Å². The van der Waals surface area contributed by atoms with E-state index in [0.29, 0.717) is 5.02 Å². The number of halogens is 4. The first kappa shape index (κ1) is 24.5. The Bertz CT molecular complexity index is 754. The molecule has 2 rings (SSSR count). The molecule has 2 unspecified atom stereocenters. The van der Waals surface area contributed by atoms with Crippen molar-refractivity contribution in [1.29, 1.82) is 0 Å². The molecular formula is C21H27ClF3NO4. The highest BCUT2D eigenvalue weighted by molar-refractivity contribution is 6.30. The first-order valence-electron chi connectivity index (χ1n) is 9.92. The predicted octanol–water partition coefficient (Wildman–Crippen LogP) is 4.69. The predicted molar refractivity (Wildman–Crippen MR) is 106 cm³/mol. The highest BCUT2D eigenvalue weighted by Crippen LogP contribution is 2.34. The number of amides is 1. The molecule has 0 radical (unpaired) electrons. The number of nitrogens with one attached hydrogen (secondary N) is 1. The van der Waals surface area contributed by atoms with Crippen molar-refractivity contribution in [2.45, 2.75) is 76.8 Å². The van der Waals surface area contributed by atoms with Crippen LogP contribution in [0.1, 0.15) is 56.6 Å². The lowest BCUT2D eigenvalue weighted by molar-refractivity contribution is -0.173. The SMILES string of the molecule is CCOC(=O)C1(NC(=O)C(C)c2ccc(Cl)cc2C)CCC(OC(F)C(F)F)CC1. The average molecular weight is 450 g/mol. The fourth-order valence-corrected chi connectivity index (χ4v) is 3.95. The van der Waals surface area contributed by atoms with Gasteiger partial charge in [-0.25, -0.2) is 18.0 Å². The average Bonchev–Trinajstić information content (AvgIpc) is 2.69. The number of carbonyl (C=O) groups is 2. The molecule has 9 heteroatoms. The summed E-state index contributed by atoms with van der Waals surface area (Å²) in [5, 5.41) is 3.37. The van der Waals surface area contributed by atoms with E-state index in [-0.39, 0.29) is 38.2 Å². The maximum Gasteiger partial charge on any atom is 0.331 e. The van der Waals surface area contributed by atoms with Gasteiger partial charge in [0.1, 0.15) is 5.54 Å². The topological polar surface area (TPSA) is 64.6 Å². The van der Waals surface area contributed by atoms with Crippen LogP contribution in [-0.4, -0.2) is 42.9 Å². The molecule has 1 aromatic carbocycles. The Morgan fingerprint density at radius 1 is 1.27 bits per heavy atom. The van der Waals surface area contributed by atoms with Crippen molar-refractivity contribution in [2.24, 2.45) is 0 Å². The first-order valence-corrected chi connectivity index (χ1v) is 10.3. The molecule has 1 aliphatic carbocycles. The molecule has 1 amide bonds. The number of alkyl halides is 3. The van der Waals surface area contributed by atoms with E-state index in [1.807, 2.05) is 6.92 Å². The third-order valence-electron chi connectivity index (χ3n) is 5.43. The zero-order chi connectivity index (χ0) is 22.5. The van der Waals surface area contributed by atoms with Gasteiger partial charge >= 0.3 is 5.97 Å². The fraction of sp³-hybridized carbons (Fsp3) is 0.619. The van der Waals surface area contributed by atoms with Crippen molar-refractivity contribution < 1.29 is 32.2 Å². The summed E-state index contributed by atoms with van der Waals surface area (Å²) in [5.41, 5.74) is 0.302. The normalized spacial score (nSPS) is 23.7. The summed E-state index contributed by atoms with van der Waals surface area (Å²) in [7, 11) is 0. The number of aryl methyl sites for hydroxylation is 1. The number of carbonyl (C=O) groups excluding carboxylic acids is 2. The fourth-order valence-electron chi connectivity index (χ4n) is 3.72. The lowest BCUT2D eigenvalue weighted by Gasteiger charge is -2.39. The monoisotopic (exact) mass is 449 g/mol. The summed E-state index contributed by atoms with van der Waals surface area (Å²) in [4.78, 5) is 25.6. The lowest BCUT2D eigenvalue weighted by Crippen LogP contribution is -2.58. The minimum atomic E-state index is -3.23. The maximum absolute atomic E-state index is 13.2. The largest absolute Gasteiger partial charge is 0.464 e. The second kappa shape index (κ2) is 10.5. The molecule has 1 aliphatic rings. The van der Waals surface area contributed by atoms with Gasteiger partial charge in [-0.1, -0.05) is 17.7 Å². The van der Waals surface area contributed by atoms with Crippen LogP contribution in [0.3, 0.4) is 0 Å². The van der Waals surface area contributed by atoms with E-state index in [4.69, 9.17) is 21.1 Å². The van der Waals surface area contributed by atoms with Gasteiger partial charge in [0.15, 0.2) is 0 Å². The Morgan fingerprint density at radius 2 is 1.90 bits per heavy atom. The van der Waals surface area contributed by atoms with Gasteiger partial charge in [-0.15, -0.1) is 0 Å². The molecule has 0 bridgehead atoms. The molecule has 1 fully saturated rings. The number of hydrogen-bond donors (Lipinski definition) is 1. The highest BCUT2D eigenvalue weighted by atomic mass is 35.5. The van der Waals surface area contributed by atoms with E-state index in [2.05, 4.69) is 5.32 Å². The minimum Gasteiger partial charge on any atom is -0.464 e. The van der Waals surface area contributed by atoms with Gasteiger partial charge in [-0.3, -0.25) is 4.79 Å². The van der Waals surface area contributed by atoms with Crippen LogP contribution in [0.15, 0.2) is 18.2 Å². The standard InChI is InChI=1S/C21H27ClF3NO4/c1-4-29-20(28)21(9-7-15(8-10-21)30-18(25)17(23)24)26-19(27)13(3)16-6-5-14(22)11-12(16)2/h5-6,11,13,15,17-18H,4,7-10H2,1-3H3,(H,26,27). The van der Waals surface area contributed by atoms with Gasteiger partial charge in [-0.2, -0.15) is 0 Å². The molecular weight excluding hydrogens is 423 g/mol. The molecule has 0 saturated heterocycles. The number of hydrogen-bond acceptors (Lipinski definition) is 4. The maximum atomic E-state index is 13.2. The summed E-state index contributed by atoms with van der Waals surface area (Å²) >= 11 is 5.98. The Hall–Kier alpha value is -1.80.